The lowest BCUT2D eigenvalue weighted by Gasteiger charge is -2.17. The maximum absolute atomic E-state index is 9.98. The number of aryl methyl sites for hydroxylation is 2. The van der Waals surface area contributed by atoms with Crippen molar-refractivity contribution in [2.45, 2.75) is 26.9 Å². The molecule has 0 saturated carbocycles. The summed E-state index contributed by atoms with van der Waals surface area (Å²) in [5, 5.41) is 9.98. The fraction of sp³-hybridized carbons (Fsp3) is 0.182. The van der Waals surface area contributed by atoms with Crippen LogP contribution in [-0.4, -0.2) is 5.11 Å². The minimum absolute atomic E-state index is 0.469. The van der Waals surface area contributed by atoms with Crippen LogP contribution >= 0.6 is 0 Å². The monoisotopic (exact) mass is 302 g/mol. The summed E-state index contributed by atoms with van der Waals surface area (Å²) in [5.74, 6) is 0. The number of aliphatic hydroxyl groups excluding tert-OH is 1. The first kappa shape index (κ1) is 15.5. The van der Waals surface area contributed by atoms with Crippen molar-refractivity contribution < 1.29 is 5.11 Å². The molecule has 0 aromatic heterocycles. The van der Waals surface area contributed by atoms with Crippen LogP contribution in [0.5, 0.6) is 0 Å². The fourth-order valence-corrected chi connectivity index (χ4v) is 3.03. The number of hydrogen-bond donors (Lipinski definition) is 1. The van der Waals surface area contributed by atoms with Gasteiger partial charge in [0.15, 0.2) is 0 Å². The summed E-state index contributed by atoms with van der Waals surface area (Å²) in [4.78, 5) is 0. The third kappa shape index (κ3) is 3.06. The van der Waals surface area contributed by atoms with E-state index in [4.69, 9.17) is 0 Å². The zero-order valence-electron chi connectivity index (χ0n) is 13.9. The van der Waals surface area contributed by atoms with E-state index in [0.717, 1.165) is 5.56 Å². The molecule has 116 valence electrons. The lowest BCUT2D eigenvalue weighted by atomic mass is 9.88. The molecule has 0 bridgehead atoms. The fourth-order valence-electron chi connectivity index (χ4n) is 3.03. The normalized spacial score (nSPS) is 12.2. The van der Waals surface area contributed by atoms with Gasteiger partial charge in [-0.3, -0.25) is 0 Å². The molecule has 3 aromatic rings. The van der Waals surface area contributed by atoms with Crippen LogP contribution in [0.15, 0.2) is 66.7 Å². The van der Waals surface area contributed by atoms with Crippen LogP contribution in [0.4, 0.5) is 0 Å². The van der Waals surface area contributed by atoms with Crippen molar-refractivity contribution in [3.8, 4) is 22.3 Å². The Morgan fingerprint density at radius 1 is 0.652 bits per heavy atom. The zero-order chi connectivity index (χ0) is 16.4. The molecule has 0 heterocycles. The summed E-state index contributed by atoms with van der Waals surface area (Å²) >= 11 is 0. The molecule has 23 heavy (non-hydrogen) atoms. The van der Waals surface area contributed by atoms with Gasteiger partial charge in [0.2, 0.25) is 0 Å². The predicted molar refractivity (Wildman–Crippen MR) is 97.4 cm³/mol. The van der Waals surface area contributed by atoms with Gasteiger partial charge in [-0.2, -0.15) is 0 Å². The van der Waals surface area contributed by atoms with Gasteiger partial charge in [-0.15, -0.1) is 0 Å². The second kappa shape index (κ2) is 6.39. The highest BCUT2D eigenvalue weighted by molar-refractivity contribution is 5.86. The molecule has 1 nitrogen and oxygen atoms in total. The molecule has 0 aliphatic heterocycles. The molecule has 1 heteroatoms. The molecule has 0 aliphatic rings. The third-order valence-corrected chi connectivity index (χ3v) is 4.40. The number of hydrogen-bond acceptors (Lipinski definition) is 1. The minimum Gasteiger partial charge on any atom is -0.389 e. The highest BCUT2D eigenvalue weighted by atomic mass is 16.3. The molecule has 0 spiro atoms. The van der Waals surface area contributed by atoms with Gasteiger partial charge < -0.3 is 5.11 Å². The van der Waals surface area contributed by atoms with Crippen molar-refractivity contribution in [3.63, 3.8) is 0 Å². The summed E-state index contributed by atoms with van der Waals surface area (Å²) in [6.45, 7) is 6.08. The van der Waals surface area contributed by atoms with E-state index in [1.165, 1.54) is 33.4 Å². The maximum atomic E-state index is 9.98. The first-order valence-corrected chi connectivity index (χ1v) is 8.02. The SMILES string of the molecule is Cc1ccccc1-c1ccc([C@H](C)O)cc1-c1ccccc1C. The lowest BCUT2D eigenvalue weighted by molar-refractivity contribution is 0.199. The van der Waals surface area contributed by atoms with Crippen LogP contribution in [0.25, 0.3) is 22.3 Å². The Labute approximate surface area is 138 Å². The van der Waals surface area contributed by atoms with Gasteiger partial charge in [0, 0.05) is 0 Å². The molecule has 1 N–H and O–H groups in total. The Bertz CT molecular complexity index is 831. The molecule has 0 radical (unpaired) electrons. The molecule has 0 fully saturated rings. The highest BCUT2D eigenvalue weighted by Gasteiger charge is 2.13. The van der Waals surface area contributed by atoms with E-state index in [1.54, 1.807) is 0 Å². The molecule has 3 rings (SSSR count). The first-order valence-electron chi connectivity index (χ1n) is 8.02. The van der Waals surface area contributed by atoms with Gasteiger partial charge in [-0.05, 0) is 65.8 Å². The van der Waals surface area contributed by atoms with Crippen LogP contribution in [0, 0.1) is 13.8 Å². The summed E-state index contributed by atoms with van der Waals surface area (Å²) in [6, 6.07) is 23.1. The second-order valence-electron chi connectivity index (χ2n) is 6.11. The Morgan fingerprint density at radius 2 is 1.17 bits per heavy atom. The van der Waals surface area contributed by atoms with Crippen molar-refractivity contribution >= 4 is 0 Å². The van der Waals surface area contributed by atoms with Crippen molar-refractivity contribution in [2.75, 3.05) is 0 Å². The molecule has 3 aromatic carbocycles. The van der Waals surface area contributed by atoms with Gasteiger partial charge in [0.25, 0.3) is 0 Å². The lowest BCUT2D eigenvalue weighted by Crippen LogP contribution is -1.95. The number of aliphatic hydroxyl groups is 1. The average Bonchev–Trinajstić information content (AvgIpc) is 2.55. The smallest absolute Gasteiger partial charge is 0.0762 e. The largest absolute Gasteiger partial charge is 0.389 e. The summed E-state index contributed by atoms with van der Waals surface area (Å²) < 4.78 is 0. The van der Waals surface area contributed by atoms with Crippen molar-refractivity contribution in [3.05, 3.63) is 83.4 Å². The van der Waals surface area contributed by atoms with Crippen molar-refractivity contribution in [1.82, 2.24) is 0 Å². The summed E-state index contributed by atoms with van der Waals surface area (Å²) in [7, 11) is 0. The molecule has 0 amide bonds. The molecular weight excluding hydrogens is 280 g/mol. The van der Waals surface area contributed by atoms with E-state index in [0.29, 0.717) is 0 Å². The van der Waals surface area contributed by atoms with Gasteiger partial charge in [0.05, 0.1) is 6.10 Å². The zero-order valence-corrected chi connectivity index (χ0v) is 13.9. The molecule has 1 atom stereocenters. The second-order valence-corrected chi connectivity index (χ2v) is 6.11. The predicted octanol–water partition coefficient (Wildman–Crippen LogP) is 5.69. The van der Waals surface area contributed by atoms with Gasteiger partial charge >= 0.3 is 0 Å². The van der Waals surface area contributed by atoms with E-state index in [2.05, 4.69) is 74.5 Å². The minimum atomic E-state index is -0.469. The van der Waals surface area contributed by atoms with E-state index in [9.17, 15) is 5.11 Å². The molecular formula is C22H22O. The van der Waals surface area contributed by atoms with Gasteiger partial charge in [-0.25, -0.2) is 0 Å². The Balaban J connectivity index is 2.29. The Kier molecular flexibility index (Phi) is 4.31. The van der Waals surface area contributed by atoms with E-state index in [1.807, 2.05) is 13.0 Å². The quantitative estimate of drug-likeness (QED) is 0.659. The van der Waals surface area contributed by atoms with Crippen LogP contribution in [0.1, 0.15) is 29.7 Å². The Hall–Kier alpha value is -2.38. The summed E-state index contributed by atoms with van der Waals surface area (Å²) in [6.07, 6.45) is -0.469. The standard InChI is InChI=1S/C22H22O/c1-15-8-4-6-10-19(15)21-13-12-18(17(3)23)14-22(21)20-11-7-5-9-16(20)2/h4-14,17,23H,1-3H3/t17-/m0/s1. The maximum Gasteiger partial charge on any atom is 0.0762 e. The van der Waals surface area contributed by atoms with E-state index >= 15 is 0 Å². The van der Waals surface area contributed by atoms with E-state index in [-0.39, 0.29) is 0 Å². The van der Waals surface area contributed by atoms with Crippen LogP contribution < -0.4 is 0 Å². The van der Waals surface area contributed by atoms with E-state index < -0.39 is 6.10 Å². The third-order valence-electron chi connectivity index (χ3n) is 4.40. The van der Waals surface area contributed by atoms with Crippen LogP contribution in [0.2, 0.25) is 0 Å². The highest BCUT2D eigenvalue weighted by Crippen LogP contribution is 2.37. The van der Waals surface area contributed by atoms with Gasteiger partial charge in [-0.1, -0.05) is 60.7 Å². The first-order chi connectivity index (χ1) is 11.1. The van der Waals surface area contributed by atoms with Crippen LogP contribution in [-0.2, 0) is 0 Å². The molecule has 0 saturated heterocycles. The topological polar surface area (TPSA) is 20.2 Å². The van der Waals surface area contributed by atoms with Crippen molar-refractivity contribution in [1.29, 1.82) is 0 Å². The average molecular weight is 302 g/mol. The number of rotatable bonds is 3. The van der Waals surface area contributed by atoms with Gasteiger partial charge in [0.1, 0.15) is 0 Å². The molecule has 0 unspecified atom stereocenters. The van der Waals surface area contributed by atoms with Crippen LogP contribution in [0.3, 0.4) is 0 Å². The molecule has 0 aliphatic carbocycles. The summed E-state index contributed by atoms with van der Waals surface area (Å²) in [5.41, 5.74) is 8.28. The Morgan fingerprint density at radius 3 is 1.70 bits per heavy atom. The number of benzene rings is 3. The van der Waals surface area contributed by atoms with Crippen molar-refractivity contribution in [2.24, 2.45) is 0 Å².